The highest BCUT2D eigenvalue weighted by atomic mass is 16.5. The molecule has 1 aromatic carbocycles. The van der Waals surface area contributed by atoms with Crippen LogP contribution in [-0.2, 0) is 14.3 Å². The van der Waals surface area contributed by atoms with Gasteiger partial charge in [0.2, 0.25) is 5.91 Å². The summed E-state index contributed by atoms with van der Waals surface area (Å²) in [6.45, 7) is 3.88. The number of hydrogen-bond donors (Lipinski definition) is 1. The SMILES string of the molecule is COC(=O)C1(C(=O)Nc2cc(C)ccc2C)CC1. The Balaban J connectivity index is 2.17. The molecule has 0 heterocycles. The van der Waals surface area contributed by atoms with Gasteiger partial charge in [-0.1, -0.05) is 12.1 Å². The minimum absolute atomic E-state index is 0.261. The van der Waals surface area contributed by atoms with Gasteiger partial charge in [0.05, 0.1) is 7.11 Å². The van der Waals surface area contributed by atoms with E-state index in [1.807, 2.05) is 32.0 Å². The van der Waals surface area contributed by atoms with Gasteiger partial charge >= 0.3 is 5.97 Å². The third-order valence-electron chi connectivity index (χ3n) is 3.40. The number of rotatable bonds is 3. The maximum atomic E-state index is 12.1. The van der Waals surface area contributed by atoms with Crippen molar-refractivity contribution in [2.45, 2.75) is 26.7 Å². The summed E-state index contributed by atoms with van der Waals surface area (Å²) in [4.78, 5) is 23.7. The number of aryl methyl sites for hydroxylation is 2. The van der Waals surface area contributed by atoms with Crippen LogP contribution >= 0.6 is 0 Å². The van der Waals surface area contributed by atoms with Crippen LogP contribution in [0.3, 0.4) is 0 Å². The number of nitrogens with one attached hydrogen (secondary N) is 1. The Morgan fingerprint density at radius 1 is 1.28 bits per heavy atom. The zero-order chi connectivity index (χ0) is 13.3. The summed E-state index contributed by atoms with van der Waals surface area (Å²) in [5.41, 5.74) is 1.86. The zero-order valence-corrected chi connectivity index (χ0v) is 10.9. The number of methoxy groups -OCH3 is 1. The average molecular weight is 247 g/mol. The lowest BCUT2D eigenvalue weighted by Gasteiger charge is -2.14. The Morgan fingerprint density at radius 2 is 1.94 bits per heavy atom. The van der Waals surface area contributed by atoms with Gasteiger partial charge in [-0.2, -0.15) is 0 Å². The summed E-state index contributed by atoms with van der Waals surface area (Å²) < 4.78 is 4.69. The molecule has 18 heavy (non-hydrogen) atoms. The number of hydrogen-bond acceptors (Lipinski definition) is 3. The standard InChI is InChI=1S/C14H17NO3/c1-9-4-5-10(2)11(8-9)15-12(16)14(6-7-14)13(17)18-3/h4-5,8H,6-7H2,1-3H3,(H,15,16). The molecule has 1 amide bonds. The first-order valence-corrected chi connectivity index (χ1v) is 5.97. The molecule has 1 aliphatic carbocycles. The lowest BCUT2D eigenvalue weighted by atomic mass is 10.1. The van der Waals surface area contributed by atoms with Crippen molar-refractivity contribution >= 4 is 17.6 Å². The largest absolute Gasteiger partial charge is 0.468 e. The van der Waals surface area contributed by atoms with Crippen molar-refractivity contribution in [3.63, 3.8) is 0 Å². The van der Waals surface area contributed by atoms with Crippen molar-refractivity contribution in [2.24, 2.45) is 5.41 Å². The Kier molecular flexibility index (Phi) is 3.11. The summed E-state index contributed by atoms with van der Waals surface area (Å²) in [7, 11) is 1.31. The van der Waals surface area contributed by atoms with Gasteiger partial charge < -0.3 is 10.1 Å². The molecule has 1 fully saturated rings. The van der Waals surface area contributed by atoms with Crippen LogP contribution in [0.1, 0.15) is 24.0 Å². The van der Waals surface area contributed by atoms with Crippen LogP contribution in [0.5, 0.6) is 0 Å². The molecule has 0 bridgehead atoms. The number of esters is 1. The smallest absolute Gasteiger partial charge is 0.321 e. The van der Waals surface area contributed by atoms with Crippen LogP contribution in [0.15, 0.2) is 18.2 Å². The van der Waals surface area contributed by atoms with Crippen molar-refractivity contribution in [2.75, 3.05) is 12.4 Å². The highest BCUT2D eigenvalue weighted by molar-refractivity contribution is 6.11. The van der Waals surface area contributed by atoms with Gasteiger partial charge in [-0.15, -0.1) is 0 Å². The van der Waals surface area contributed by atoms with Crippen molar-refractivity contribution < 1.29 is 14.3 Å². The average Bonchev–Trinajstić information content (AvgIpc) is 3.14. The fraction of sp³-hybridized carbons (Fsp3) is 0.429. The van der Waals surface area contributed by atoms with Crippen molar-refractivity contribution in [1.29, 1.82) is 0 Å². The second-order valence-corrected chi connectivity index (χ2v) is 4.85. The highest BCUT2D eigenvalue weighted by Gasteiger charge is 2.57. The van der Waals surface area contributed by atoms with Crippen LogP contribution in [0.25, 0.3) is 0 Å². The van der Waals surface area contributed by atoms with Gasteiger partial charge in [0, 0.05) is 5.69 Å². The fourth-order valence-corrected chi connectivity index (χ4v) is 1.96. The summed E-state index contributed by atoms with van der Waals surface area (Å²) in [5.74, 6) is -0.701. The Bertz CT molecular complexity index is 504. The molecule has 0 aliphatic heterocycles. The van der Waals surface area contributed by atoms with Crippen molar-refractivity contribution in [3.8, 4) is 0 Å². The second-order valence-electron chi connectivity index (χ2n) is 4.85. The van der Waals surface area contributed by atoms with E-state index in [-0.39, 0.29) is 5.91 Å². The van der Waals surface area contributed by atoms with E-state index >= 15 is 0 Å². The van der Waals surface area contributed by atoms with E-state index in [0.717, 1.165) is 16.8 Å². The molecule has 1 aliphatic rings. The molecule has 1 N–H and O–H groups in total. The molecule has 4 heteroatoms. The van der Waals surface area contributed by atoms with Crippen LogP contribution < -0.4 is 5.32 Å². The van der Waals surface area contributed by atoms with E-state index in [9.17, 15) is 9.59 Å². The molecule has 0 atom stereocenters. The predicted molar refractivity (Wildman–Crippen MR) is 68.2 cm³/mol. The van der Waals surface area contributed by atoms with Crippen LogP contribution in [0.4, 0.5) is 5.69 Å². The Hall–Kier alpha value is -1.84. The predicted octanol–water partition coefficient (Wildman–Crippen LogP) is 2.20. The number of anilines is 1. The maximum Gasteiger partial charge on any atom is 0.321 e. The normalized spacial score (nSPS) is 15.9. The van der Waals surface area contributed by atoms with E-state index < -0.39 is 11.4 Å². The van der Waals surface area contributed by atoms with Gasteiger partial charge in [-0.3, -0.25) is 9.59 Å². The number of carbonyl (C=O) groups is 2. The molecule has 96 valence electrons. The zero-order valence-electron chi connectivity index (χ0n) is 10.9. The van der Waals surface area contributed by atoms with Crippen molar-refractivity contribution in [1.82, 2.24) is 0 Å². The summed E-state index contributed by atoms with van der Waals surface area (Å²) in [6.07, 6.45) is 1.13. The Labute approximate surface area is 106 Å². The quantitative estimate of drug-likeness (QED) is 0.658. The Morgan fingerprint density at radius 3 is 2.50 bits per heavy atom. The van der Waals surface area contributed by atoms with Gasteiger partial charge in [0.1, 0.15) is 5.41 Å². The van der Waals surface area contributed by atoms with Crippen molar-refractivity contribution in [3.05, 3.63) is 29.3 Å². The molecular formula is C14H17NO3. The van der Waals surface area contributed by atoms with E-state index in [4.69, 9.17) is 4.74 Å². The van der Waals surface area contributed by atoms with E-state index in [0.29, 0.717) is 12.8 Å². The molecular weight excluding hydrogens is 230 g/mol. The van der Waals surface area contributed by atoms with Crippen LogP contribution in [0, 0.1) is 19.3 Å². The summed E-state index contributed by atoms with van der Waals surface area (Å²) in [5, 5.41) is 2.83. The molecule has 0 spiro atoms. The molecule has 0 saturated heterocycles. The summed E-state index contributed by atoms with van der Waals surface area (Å²) >= 11 is 0. The maximum absolute atomic E-state index is 12.1. The molecule has 4 nitrogen and oxygen atoms in total. The third kappa shape index (κ3) is 2.10. The van der Waals surface area contributed by atoms with Gasteiger partial charge in [0.15, 0.2) is 0 Å². The molecule has 0 radical (unpaired) electrons. The number of amides is 1. The van der Waals surface area contributed by atoms with E-state index in [1.54, 1.807) is 0 Å². The van der Waals surface area contributed by atoms with Gasteiger partial charge in [-0.25, -0.2) is 0 Å². The topological polar surface area (TPSA) is 55.4 Å². The molecule has 0 aromatic heterocycles. The lowest BCUT2D eigenvalue weighted by Crippen LogP contribution is -2.32. The number of ether oxygens (including phenoxy) is 1. The molecule has 1 aromatic rings. The monoisotopic (exact) mass is 247 g/mol. The molecule has 1 saturated carbocycles. The highest BCUT2D eigenvalue weighted by Crippen LogP contribution is 2.47. The van der Waals surface area contributed by atoms with Gasteiger partial charge in [0.25, 0.3) is 0 Å². The van der Waals surface area contributed by atoms with E-state index in [1.165, 1.54) is 7.11 Å². The second kappa shape index (κ2) is 4.44. The first-order valence-electron chi connectivity index (χ1n) is 5.97. The van der Waals surface area contributed by atoms with Gasteiger partial charge in [-0.05, 0) is 43.9 Å². The fourth-order valence-electron chi connectivity index (χ4n) is 1.96. The summed E-state index contributed by atoms with van der Waals surface area (Å²) in [6, 6.07) is 5.83. The molecule has 2 rings (SSSR count). The molecule has 0 unspecified atom stereocenters. The minimum Gasteiger partial charge on any atom is -0.468 e. The first kappa shape index (κ1) is 12.6. The minimum atomic E-state index is -0.953. The number of benzene rings is 1. The first-order chi connectivity index (χ1) is 8.49. The van der Waals surface area contributed by atoms with Crippen LogP contribution in [-0.4, -0.2) is 19.0 Å². The third-order valence-corrected chi connectivity index (χ3v) is 3.40. The number of carbonyl (C=O) groups excluding carboxylic acids is 2. The van der Waals surface area contributed by atoms with Crippen LogP contribution in [0.2, 0.25) is 0 Å². The lowest BCUT2D eigenvalue weighted by molar-refractivity contribution is -0.150. The van der Waals surface area contributed by atoms with E-state index in [2.05, 4.69) is 5.32 Å².